The first-order valence-corrected chi connectivity index (χ1v) is 7.49. The molecule has 2 saturated heterocycles. The first-order valence-electron chi connectivity index (χ1n) is 7.49. The van der Waals surface area contributed by atoms with Crippen LogP contribution in [0.2, 0.25) is 0 Å². The summed E-state index contributed by atoms with van der Waals surface area (Å²) in [5.74, 6) is -0.970. The highest BCUT2D eigenvalue weighted by Gasteiger charge is 2.42. The number of carboxylic acid groups (broad SMARTS) is 1. The molecule has 7 nitrogen and oxygen atoms in total. The van der Waals surface area contributed by atoms with Gasteiger partial charge in [-0.15, -0.1) is 0 Å². The van der Waals surface area contributed by atoms with E-state index in [1.54, 1.807) is 4.90 Å². The molecular formula is C14H25N3O4. The van der Waals surface area contributed by atoms with Crippen LogP contribution in [0.3, 0.4) is 0 Å². The van der Waals surface area contributed by atoms with E-state index in [0.29, 0.717) is 45.2 Å². The van der Waals surface area contributed by atoms with Gasteiger partial charge in [0, 0.05) is 45.2 Å². The Balaban J connectivity index is 1.93. The number of carbonyl (C=O) groups is 2. The number of urea groups is 1. The average Bonchev–Trinajstić information content (AvgIpc) is 2.48. The molecule has 0 radical (unpaired) electrons. The van der Waals surface area contributed by atoms with Crippen molar-refractivity contribution in [3.05, 3.63) is 0 Å². The van der Waals surface area contributed by atoms with Crippen molar-refractivity contribution in [2.24, 2.45) is 0 Å². The Morgan fingerprint density at radius 2 is 1.81 bits per heavy atom. The maximum atomic E-state index is 12.3. The molecule has 0 bridgehead atoms. The highest BCUT2D eigenvalue weighted by Crippen LogP contribution is 2.22. The number of hydrogen-bond donors (Lipinski definition) is 2. The lowest BCUT2D eigenvalue weighted by Crippen LogP contribution is -2.61. The summed E-state index contributed by atoms with van der Waals surface area (Å²) < 4.78 is 5.21. The summed E-state index contributed by atoms with van der Waals surface area (Å²) in [6, 6.07) is 0.224. The summed E-state index contributed by atoms with van der Waals surface area (Å²) in [7, 11) is 4.09. The van der Waals surface area contributed by atoms with Crippen LogP contribution in [-0.2, 0) is 9.53 Å². The van der Waals surface area contributed by atoms with Gasteiger partial charge in [-0.2, -0.15) is 0 Å². The number of amides is 2. The highest BCUT2D eigenvalue weighted by molar-refractivity contribution is 5.86. The number of hydrogen-bond acceptors (Lipinski definition) is 4. The van der Waals surface area contributed by atoms with Gasteiger partial charge < -0.3 is 25.0 Å². The first kappa shape index (κ1) is 16.0. The lowest BCUT2D eigenvalue weighted by atomic mass is 9.90. The summed E-state index contributed by atoms with van der Waals surface area (Å²) >= 11 is 0. The van der Waals surface area contributed by atoms with Crippen molar-refractivity contribution in [3.8, 4) is 0 Å². The summed E-state index contributed by atoms with van der Waals surface area (Å²) in [4.78, 5) is 27.8. The lowest BCUT2D eigenvalue weighted by molar-refractivity contribution is -0.148. The van der Waals surface area contributed by atoms with Crippen LogP contribution in [0, 0.1) is 0 Å². The molecular weight excluding hydrogens is 274 g/mol. The molecule has 0 aromatic rings. The minimum absolute atomic E-state index is 0.267. The third kappa shape index (κ3) is 3.65. The van der Waals surface area contributed by atoms with E-state index in [9.17, 15) is 14.7 Å². The summed E-state index contributed by atoms with van der Waals surface area (Å²) in [5, 5.41) is 12.2. The minimum atomic E-state index is -1.17. The van der Waals surface area contributed by atoms with Gasteiger partial charge in [0.1, 0.15) is 5.54 Å². The van der Waals surface area contributed by atoms with Gasteiger partial charge in [-0.1, -0.05) is 0 Å². The molecule has 0 aromatic heterocycles. The Kier molecular flexibility index (Phi) is 5.05. The van der Waals surface area contributed by atoms with Crippen molar-refractivity contribution < 1.29 is 19.4 Å². The summed E-state index contributed by atoms with van der Waals surface area (Å²) in [6.45, 7) is 2.08. The van der Waals surface area contributed by atoms with Gasteiger partial charge in [0.15, 0.2) is 0 Å². The van der Waals surface area contributed by atoms with Crippen LogP contribution in [0.15, 0.2) is 0 Å². The smallest absolute Gasteiger partial charge is 0.329 e. The number of rotatable bonds is 3. The van der Waals surface area contributed by atoms with E-state index < -0.39 is 11.5 Å². The maximum absolute atomic E-state index is 12.3. The molecule has 2 N–H and O–H groups in total. The van der Waals surface area contributed by atoms with Gasteiger partial charge in [0.25, 0.3) is 0 Å². The Hall–Kier alpha value is -1.34. The Morgan fingerprint density at radius 3 is 2.29 bits per heavy atom. The Labute approximate surface area is 125 Å². The van der Waals surface area contributed by atoms with Crippen molar-refractivity contribution in [3.63, 3.8) is 0 Å². The second kappa shape index (κ2) is 6.62. The fraction of sp³-hybridized carbons (Fsp3) is 0.857. The second-order valence-electron chi connectivity index (χ2n) is 6.11. The fourth-order valence-corrected chi connectivity index (χ4v) is 2.98. The predicted molar refractivity (Wildman–Crippen MR) is 77.2 cm³/mol. The topological polar surface area (TPSA) is 82.1 Å². The predicted octanol–water partition coefficient (Wildman–Crippen LogP) is 0.356. The van der Waals surface area contributed by atoms with Crippen LogP contribution in [0.1, 0.15) is 25.7 Å². The van der Waals surface area contributed by atoms with Crippen LogP contribution in [0.4, 0.5) is 4.79 Å². The molecule has 2 fully saturated rings. The van der Waals surface area contributed by atoms with Crippen molar-refractivity contribution in [1.82, 2.24) is 15.1 Å². The quantitative estimate of drug-likeness (QED) is 0.786. The van der Waals surface area contributed by atoms with Gasteiger partial charge in [-0.05, 0) is 26.9 Å². The van der Waals surface area contributed by atoms with Gasteiger partial charge in [0.05, 0.1) is 0 Å². The van der Waals surface area contributed by atoms with Gasteiger partial charge in [0.2, 0.25) is 0 Å². The molecule has 0 aromatic carbocycles. The van der Waals surface area contributed by atoms with Gasteiger partial charge in [-0.25, -0.2) is 9.59 Å². The van der Waals surface area contributed by atoms with Gasteiger partial charge >= 0.3 is 12.0 Å². The van der Waals surface area contributed by atoms with Crippen molar-refractivity contribution in [2.45, 2.75) is 37.3 Å². The standard InChI is InChI=1S/C14H25N3O4/c1-16(2)11-3-7-17(8-4-11)13(20)15-14(12(18)19)5-9-21-10-6-14/h11H,3-10H2,1-2H3,(H,15,20)(H,18,19). The molecule has 0 spiro atoms. The molecule has 0 saturated carbocycles. The molecule has 0 atom stereocenters. The number of nitrogens with one attached hydrogen (secondary N) is 1. The zero-order valence-electron chi connectivity index (χ0n) is 12.8. The summed E-state index contributed by atoms with van der Waals surface area (Å²) in [6.07, 6.45) is 2.48. The van der Waals surface area contributed by atoms with Crippen molar-refractivity contribution in [2.75, 3.05) is 40.4 Å². The molecule has 2 heterocycles. The van der Waals surface area contributed by atoms with Crippen LogP contribution in [0.5, 0.6) is 0 Å². The molecule has 2 amide bonds. The van der Waals surface area contributed by atoms with Crippen molar-refractivity contribution >= 4 is 12.0 Å². The molecule has 21 heavy (non-hydrogen) atoms. The third-order valence-corrected chi connectivity index (χ3v) is 4.58. The van der Waals surface area contributed by atoms with E-state index in [1.807, 2.05) is 14.1 Å². The summed E-state index contributed by atoms with van der Waals surface area (Å²) in [5.41, 5.74) is -1.17. The highest BCUT2D eigenvalue weighted by atomic mass is 16.5. The number of likely N-dealkylation sites (tertiary alicyclic amines) is 1. The van der Waals surface area contributed by atoms with Crippen LogP contribution >= 0.6 is 0 Å². The normalized spacial score (nSPS) is 23.1. The molecule has 2 rings (SSSR count). The van der Waals surface area contributed by atoms with Gasteiger partial charge in [-0.3, -0.25) is 0 Å². The second-order valence-corrected chi connectivity index (χ2v) is 6.11. The van der Waals surface area contributed by atoms with Crippen LogP contribution < -0.4 is 5.32 Å². The lowest BCUT2D eigenvalue weighted by Gasteiger charge is -2.39. The first-order chi connectivity index (χ1) is 9.94. The monoisotopic (exact) mass is 299 g/mol. The fourth-order valence-electron chi connectivity index (χ4n) is 2.98. The molecule has 120 valence electrons. The maximum Gasteiger partial charge on any atom is 0.329 e. The van der Waals surface area contributed by atoms with Crippen molar-refractivity contribution in [1.29, 1.82) is 0 Å². The van der Waals surface area contributed by atoms with E-state index in [1.165, 1.54) is 0 Å². The molecule has 0 aliphatic carbocycles. The third-order valence-electron chi connectivity index (χ3n) is 4.58. The number of ether oxygens (including phenoxy) is 1. The SMILES string of the molecule is CN(C)C1CCN(C(=O)NC2(C(=O)O)CCOCC2)CC1. The van der Waals surface area contributed by atoms with E-state index in [-0.39, 0.29) is 6.03 Å². The minimum Gasteiger partial charge on any atom is -0.480 e. The molecule has 0 unspecified atom stereocenters. The van der Waals surface area contributed by atoms with E-state index in [0.717, 1.165) is 12.8 Å². The van der Waals surface area contributed by atoms with Crippen LogP contribution in [0.25, 0.3) is 0 Å². The zero-order chi connectivity index (χ0) is 15.5. The van der Waals surface area contributed by atoms with E-state index in [2.05, 4.69) is 10.2 Å². The van der Waals surface area contributed by atoms with E-state index in [4.69, 9.17) is 4.74 Å². The molecule has 7 heteroatoms. The number of nitrogens with zero attached hydrogens (tertiary/aromatic N) is 2. The van der Waals surface area contributed by atoms with E-state index >= 15 is 0 Å². The number of piperidine rings is 1. The van der Waals surface area contributed by atoms with Crippen LogP contribution in [-0.4, -0.2) is 78.9 Å². The Morgan fingerprint density at radius 1 is 1.24 bits per heavy atom. The average molecular weight is 299 g/mol. The molecule has 2 aliphatic rings. The molecule has 2 aliphatic heterocycles. The Bertz CT molecular complexity index is 386. The number of carbonyl (C=O) groups excluding carboxylic acids is 1. The zero-order valence-corrected chi connectivity index (χ0v) is 12.8. The number of carboxylic acids is 1. The number of aliphatic carboxylic acids is 1. The largest absolute Gasteiger partial charge is 0.480 e.